The molecule has 2 rings (SSSR count). The maximum absolute atomic E-state index is 10.2. The third-order valence-corrected chi connectivity index (χ3v) is 3.30. The van der Waals surface area contributed by atoms with E-state index in [9.17, 15) is 5.11 Å². The highest BCUT2D eigenvalue weighted by molar-refractivity contribution is 5.26. The minimum Gasteiger partial charge on any atom is -0.388 e. The van der Waals surface area contributed by atoms with Crippen molar-refractivity contribution in [2.75, 3.05) is 0 Å². The molecule has 0 bridgehead atoms. The van der Waals surface area contributed by atoms with Crippen LogP contribution in [0.15, 0.2) is 24.3 Å². The third-order valence-electron chi connectivity index (χ3n) is 3.30. The Bertz CT molecular complexity index is 384. The number of hydrogen-bond acceptors (Lipinski definition) is 2. The Morgan fingerprint density at radius 1 is 1.40 bits per heavy atom. The van der Waals surface area contributed by atoms with Gasteiger partial charge in [-0.25, -0.2) is 0 Å². The standard InChI is InChI=1S/C13H15NO/c1-10-2-4-11(5-3-10)12(15)13(6-7-13)8-9-14/h2-5,12,15H,6-8H2,1H3. The molecule has 0 heterocycles. The molecule has 1 aliphatic rings. The van der Waals surface area contributed by atoms with E-state index in [0.717, 1.165) is 18.4 Å². The first-order valence-corrected chi connectivity index (χ1v) is 5.29. The Kier molecular flexibility index (Phi) is 2.50. The van der Waals surface area contributed by atoms with Gasteiger partial charge in [-0.05, 0) is 25.3 Å². The van der Waals surface area contributed by atoms with E-state index in [2.05, 4.69) is 6.07 Å². The molecule has 15 heavy (non-hydrogen) atoms. The first kappa shape index (κ1) is 10.2. The fourth-order valence-electron chi connectivity index (χ4n) is 1.97. The van der Waals surface area contributed by atoms with Crippen molar-refractivity contribution < 1.29 is 5.11 Å². The van der Waals surface area contributed by atoms with E-state index in [0.29, 0.717) is 6.42 Å². The van der Waals surface area contributed by atoms with Crippen molar-refractivity contribution in [3.8, 4) is 6.07 Å². The van der Waals surface area contributed by atoms with Crippen molar-refractivity contribution >= 4 is 0 Å². The highest BCUT2D eigenvalue weighted by atomic mass is 16.3. The smallest absolute Gasteiger partial charge is 0.0856 e. The number of aliphatic hydroxyl groups excluding tert-OH is 1. The number of benzene rings is 1. The van der Waals surface area contributed by atoms with Gasteiger partial charge in [-0.2, -0.15) is 5.26 Å². The lowest BCUT2D eigenvalue weighted by Gasteiger charge is -2.19. The number of hydrogen-bond donors (Lipinski definition) is 1. The summed E-state index contributed by atoms with van der Waals surface area (Å²) >= 11 is 0. The summed E-state index contributed by atoms with van der Waals surface area (Å²) in [5.74, 6) is 0. The van der Waals surface area contributed by atoms with Gasteiger partial charge in [0.15, 0.2) is 0 Å². The van der Waals surface area contributed by atoms with E-state index >= 15 is 0 Å². The topological polar surface area (TPSA) is 44.0 Å². The van der Waals surface area contributed by atoms with Crippen LogP contribution in [-0.2, 0) is 0 Å². The van der Waals surface area contributed by atoms with Crippen LogP contribution in [0.1, 0.15) is 36.5 Å². The van der Waals surface area contributed by atoms with Crippen molar-refractivity contribution in [2.45, 2.75) is 32.3 Å². The zero-order valence-corrected chi connectivity index (χ0v) is 8.90. The van der Waals surface area contributed by atoms with Crippen molar-refractivity contribution in [3.63, 3.8) is 0 Å². The van der Waals surface area contributed by atoms with Crippen LogP contribution in [0.25, 0.3) is 0 Å². The van der Waals surface area contributed by atoms with E-state index < -0.39 is 6.10 Å². The van der Waals surface area contributed by atoms with E-state index in [-0.39, 0.29) is 5.41 Å². The molecule has 0 radical (unpaired) electrons. The molecule has 78 valence electrons. The molecule has 1 unspecified atom stereocenters. The lowest BCUT2D eigenvalue weighted by Crippen LogP contribution is -2.13. The highest BCUT2D eigenvalue weighted by Gasteiger charge is 2.49. The molecular formula is C13H15NO. The number of aryl methyl sites for hydroxylation is 1. The predicted octanol–water partition coefficient (Wildman–Crippen LogP) is 2.72. The second-order valence-electron chi connectivity index (χ2n) is 4.51. The average Bonchev–Trinajstić information content (AvgIpc) is 3.00. The summed E-state index contributed by atoms with van der Waals surface area (Å²) < 4.78 is 0. The zero-order valence-electron chi connectivity index (χ0n) is 8.90. The van der Waals surface area contributed by atoms with Gasteiger partial charge >= 0.3 is 0 Å². The molecule has 1 N–H and O–H groups in total. The summed E-state index contributed by atoms with van der Waals surface area (Å²) in [6.07, 6.45) is 1.92. The summed E-state index contributed by atoms with van der Waals surface area (Å²) in [5, 5.41) is 18.9. The Hall–Kier alpha value is -1.33. The Morgan fingerprint density at radius 3 is 2.47 bits per heavy atom. The average molecular weight is 201 g/mol. The molecule has 0 aromatic heterocycles. The lowest BCUT2D eigenvalue weighted by atomic mass is 9.90. The van der Waals surface area contributed by atoms with Crippen LogP contribution in [0, 0.1) is 23.7 Å². The summed E-state index contributed by atoms with van der Waals surface area (Å²) in [6, 6.07) is 10.1. The zero-order chi connectivity index (χ0) is 10.9. The molecule has 0 spiro atoms. The number of rotatable bonds is 3. The molecule has 0 aliphatic heterocycles. The van der Waals surface area contributed by atoms with Crippen LogP contribution in [0.3, 0.4) is 0 Å². The minimum absolute atomic E-state index is 0.149. The van der Waals surface area contributed by atoms with Crippen LogP contribution in [0.4, 0.5) is 0 Å². The second kappa shape index (κ2) is 3.67. The number of nitriles is 1. The highest BCUT2D eigenvalue weighted by Crippen LogP contribution is 2.57. The molecule has 1 aliphatic carbocycles. The summed E-state index contributed by atoms with van der Waals surface area (Å²) in [4.78, 5) is 0. The van der Waals surface area contributed by atoms with Gasteiger partial charge in [0.25, 0.3) is 0 Å². The fourth-order valence-corrected chi connectivity index (χ4v) is 1.97. The molecule has 1 saturated carbocycles. The van der Waals surface area contributed by atoms with Crippen LogP contribution < -0.4 is 0 Å². The quantitative estimate of drug-likeness (QED) is 0.817. The molecule has 1 aromatic rings. The molecule has 0 amide bonds. The molecule has 1 aromatic carbocycles. The number of aliphatic hydroxyl groups is 1. The maximum Gasteiger partial charge on any atom is 0.0856 e. The first-order chi connectivity index (χ1) is 7.18. The summed E-state index contributed by atoms with van der Waals surface area (Å²) in [6.45, 7) is 2.03. The largest absolute Gasteiger partial charge is 0.388 e. The Balaban J connectivity index is 2.18. The first-order valence-electron chi connectivity index (χ1n) is 5.29. The molecule has 0 saturated heterocycles. The van der Waals surface area contributed by atoms with Gasteiger partial charge in [-0.1, -0.05) is 29.8 Å². The minimum atomic E-state index is -0.474. The van der Waals surface area contributed by atoms with Crippen LogP contribution in [-0.4, -0.2) is 5.11 Å². The van der Waals surface area contributed by atoms with Crippen LogP contribution in [0.5, 0.6) is 0 Å². The third kappa shape index (κ3) is 1.88. The van der Waals surface area contributed by atoms with E-state index in [4.69, 9.17) is 5.26 Å². The maximum atomic E-state index is 10.2. The van der Waals surface area contributed by atoms with E-state index in [1.807, 2.05) is 31.2 Å². The fraction of sp³-hybridized carbons (Fsp3) is 0.462. The number of nitrogens with zero attached hydrogens (tertiary/aromatic N) is 1. The molecular weight excluding hydrogens is 186 g/mol. The van der Waals surface area contributed by atoms with E-state index in [1.165, 1.54) is 5.56 Å². The Labute approximate surface area is 90.2 Å². The van der Waals surface area contributed by atoms with Crippen molar-refractivity contribution in [3.05, 3.63) is 35.4 Å². The van der Waals surface area contributed by atoms with Gasteiger partial charge in [0.2, 0.25) is 0 Å². The normalized spacial score (nSPS) is 19.3. The van der Waals surface area contributed by atoms with Crippen molar-refractivity contribution in [2.24, 2.45) is 5.41 Å². The van der Waals surface area contributed by atoms with Crippen LogP contribution in [0.2, 0.25) is 0 Å². The van der Waals surface area contributed by atoms with Gasteiger partial charge in [0, 0.05) is 11.8 Å². The molecule has 2 heteroatoms. The van der Waals surface area contributed by atoms with Gasteiger partial charge < -0.3 is 5.11 Å². The van der Waals surface area contributed by atoms with Crippen molar-refractivity contribution in [1.29, 1.82) is 5.26 Å². The lowest BCUT2D eigenvalue weighted by molar-refractivity contribution is 0.0952. The van der Waals surface area contributed by atoms with Crippen molar-refractivity contribution in [1.82, 2.24) is 0 Å². The second-order valence-corrected chi connectivity index (χ2v) is 4.51. The van der Waals surface area contributed by atoms with E-state index in [1.54, 1.807) is 0 Å². The molecule has 1 atom stereocenters. The SMILES string of the molecule is Cc1ccc(C(O)C2(CC#N)CC2)cc1. The van der Waals surface area contributed by atoms with Gasteiger partial charge in [-0.3, -0.25) is 0 Å². The van der Waals surface area contributed by atoms with Crippen LogP contribution >= 0.6 is 0 Å². The predicted molar refractivity (Wildman–Crippen MR) is 58.0 cm³/mol. The van der Waals surface area contributed by atoms with Gasteiger partial charge in [0.05, 0.1) is 12.2 Å². The molecule has 1 fully saturated rings. The summed E-state index contributed by atoms with van der Waals surface area (Å²) in [7, 11) is 0. The van der Waals surface area contributed by atoms with Gasteiger partial charge in [0.1, 0.15) is 0 Å². The molecule has 2 nitrogen and oxygen atoms in total. The Morgan fingerprint density at radius 2 is 2.00 bits per heavy atom. The van der Waals surface area contributed by atoms with Gasteiger partial charge in [-0.15, -0.1) is 0 Å². The monoisotopic (exact) mass is 201 g/mol. The summed E-state index contributed by atoms with van der Waals surface area (Å²) in [5.41, 5.74) is 1.98.